The van der Waals surface area contributed by atoms with E-state index in [0.717, 1.165) is 0 Å². The number of carbonyl (C=O) groups is 1. The average molecular weight is 268 g/mol. The molecule has 0 aliphatic carbocycles. The van der Waals surface area contributed by atoms with Gasteiger partial charge in [0.15, 0.2) is 0 Å². The molecule has 0 bridgehead atoms. The molecular weight excluding hydrogens is 248 g/mol. The standard InChI is InChI=1S/C11H20N6O2/c1-5-13-9-15-10(14-7(3)8(18)12-4)17-11(16-9)19-6-2/h7H,5-6H2,1-4H3,(H,12,18)(H2,13,14,15,16,17). The number of carbonyl (C=O) groups excluding carboxylic acids is 1. The second kappa shape index (κ2) is 7.34. The number of nitrogens with one attached hydrogen (secondary N) is 3. The lowest BCUT2D eigenvalue weighted by molar-refractivity contribution is -0.121. The van der Waals surface area contributed by atoms with E-state index < -0.39 is 6.04 Å². The molecule has 106 valence electrons. The summed E-state index contributed by atoms with van der Waals surface area (Å²) in [5.41, 5.74) is 0. The molecule has 19 heavy (non-hydrogen) atoms. The van der Waals surface area contributed by atoms with Crippen molar-refractivity contribution in [2.24, 2.45) is 0 Å². The van der Waals surface area contributed by atoms with E-state index in [4.69, 9.17) is 4.74 Å². The largest absolute Gasteiger partial charge is 0.464 e. The van der Waals surface area contributed by atoms with E-state index in [0.29, 0.717) is 25.0 Å². The van der Waals surface area contributed by atoms with Crippen LogP contribution in [-0.4, -0.2) is 47.1 Å². The molecule has 8 nitrogen and oxygen atoms in total. The van der Waals surface area contributed by atoms with Gasteiger partial charge in [-0.15, -0.1) is 0 Å². The van der Waals surface area contributed by atoms with Gasteiger partial charge >= 0.3 is 6.01 Å². The Hall–Kier alpha value is -2.12. The second-order valence-corrected chi connectivity index (χ2v) is 3.71. The maximum atomic E-state index is 11.4. The highest BCUT2D eigenvalue weighted by Crippen LogP contribution is 2.11. The van der Waals surface area contributed by atoms with Crippen molar-refractivity contribution in [1.82, 2.24) is 20.3 Å². The molecule has 0 saturated heterocycles. The monoisotopic (exact) mass is 268 g/mol. The van der Waals surface area contributed by atoms with Crippen molar-refractivity contribution >= 4 is 17.8 Å². The van der Waals surface area contributed by atoms with Gasteiger partial charge in [0.05, 0.1) is 6.61 Å². The third-order valence-corrected chi connectivity index (χ3v) is 2.21. The van der Waals surface area contributed by atoms with E-state index in [1.807, 2.05) is 13.8 Å². The summed E-state index contributed by atoms with van der Waals surface area (Å²) in [5.74, 6) is 0.557. The van der Waals surface area contributed by atoms with Crippen molar-refractivity contribution in [3.63, 3.8) is 0 Å². The van der Waals surface area contributed by atoms with Crippen molar-refractivity contribution in [2.45, 2.75) is 26.8 Å². The molecule has 0 fully saturated rings. The highest BCUT2D eigenvalue weighted by molar-refractivity contribution is 5.83. The first-order valence-corrected chi connectivity index (χ1v) is 6.21. The summed E-state index contributed by atoms with van der Waals surface area (Å²) in [6, 6.07) is -0.226. The summed E-state index contributed by atoms with van der Waals surface area (Å²) in [6.45, 7) is 6.64. The van der Waals surface area contributed by atoms with Crippen molar-refractivity contribution in [3.05, 3.63) is 0 Å². The number of hydrogen-bond acceptors (Lipinski definition) is 7. The van der Waals surface area contributed by atoms with Gasteiger partial charge in [-0.1, -0.05) is 0 Å². The SMILES string of the molecule is CCNc1nc(NC(C)C(=O)NC)nc(OCC)n1. The number of hydrogen-bond donors (Lipinski definition) is 3. The van der Waals surface area contributed by atoms with Gasteiger partial charge in [0.25, 0.3) is 0 Å². The maximum Gasteiger partial charge on any atom is 0.323 e. The molecule has 1 heterocycles. The Morgan fingerprint density at radius 2 is 1.95 bits per heavy atom. The van der Waals surface area contributed by atoms with Crippen LogP contribution in [0.3, 0.4) is 0 Å². The van der Waals surface area contributed by atoms with Gasteiger partial charge in [0.1, 0.15) is 6.04 Å². The Labute approximate surface area is 112 Å². The zero-order valence-corrected chi connectivity index (χ0v) is 11.6. The zero-order chi connectivity index (χ0) is 14.3. The molecule has 0 spiro atoms. The van der Waals surface area contributed by atoms with Crippen molar-refractivity contribution in [1.29, 1.82) is 0 Å². The summed E-state index contributed by atoms with van der Waals surface area (Å²) in [7, 11) is 1.57. The molecule has 0 aromatic carbocycles. The quantitative estimate of drug-likeness (QED) is 0.651. The van der Waals surface area contributed by atoms with E-state index in [-0.39, 0.29) is 11.9 Å². The van der Waals surface area contributed by atoms with Crippen LogP contribution >= 0.6 is 0 Å². The van der Waals surface area contributed by atoms with Crippen molar-refractivity contribution < 1.29 is 9.53 Å². The normalized spacial score (nSPS) is 11.6. The number of rotatable bonds is 7. The average Bonchev–Trinajstić information content (AvgIpc) is 2.38. The Kier molecular flexibility index (Phi) is 5.77. The van der Waals surface area contributed by atoms with Gasteiger partial charge in [-0.25, -0.2) is 0 Å². The molecular formula is C11H20N6O2. The Balaban J connectivity index is 2.88. The summed E-state index contributed by atoms with van der Waals surface area (Å²) in [6.07, 6.45) is 0. The van der Waals surface area contributed by atoms with E-state index in [9.17, 15) is 4.79 Å². The molecule has 0 radical (unpaired) electrons. The minimum Gasteiger partial charge on any atom is -0.464 e. The molecule has 1 unspecified atom stereocenters. The van der Waals surface area contributed by atoms with Gasteiger partial charge < -0.3 is 20.7 Å². The van der Waals surface area contributed by atoms with Crippen LogP contribution in [0.15, 0.2) is 0 Å². The first-order chi connectivity index (χ1) is 9.10. The number of ether oxygens (including phenoxy) is 1. The zero-order valence-electron chi connectivity index (χ0n) is 11.6. The second-order valence-electron chi connectivity index (χ2n) is 3.71. The van der Waals surface area contributed by atoms with Crippen LogP contribution in [0.5, 0.6) is 6.01 Å². The Morgan fingerprint density at radius 1 is 1.26 bits per heavy atom. The third kappa shape index (κ3) is 4.57. The van der Waals surface area contributed by atoms with Crippen LogP contribution in [0.25, 0.3) is 0 Å². The molecule has 1 rings (SSSR count). The van der Waals surface area contributed by atoms with Gasteiger partial charge in [0, 0.05) is 13.6 Å². The summed E-state index contributed by atoms with van der Waals surface area (Å²) >= 11 is 0. The number of nitrogens with zero attached hydrogens (tertiary/aromatic N) is 3. The molecule has 0 aliphatic rings. The molecule has 1 amide bonds. The van der Waals surface area contributed by atoms with Crippen LogP contribution in [0.1, 0.15) is 20.8 Å². The molecule has 1 atom stereocenters. The fourth-order valence-corrected chi connectivity index (χ4v) is 1.33. The topological polar surface area (TPSA) is 101 Å². The Bertz CT molecular complexity index is 401. The highest BCUT2D eigenvalue weighted by Gasteiger charge is 2.14. The molecule has 8 heteroatoms. The first kappa shape index (κ1) is 14.9. The summed E-state index contributed by atoms with van der Waals surface area (Å²) < 4.78 is 5.26. The van der Waals surface area contributed by atoms with Crippen LogP contribution < -0.4 is 20.7 Å². The van der Waals surface area contributed by atoms with Gasteiger partial charge in [0.2, 0.25) is 17.8 Å². The fourth-order valence-electron chi connectivity index (χ4n) is 1.33. The minimum atomic E-state index is -0.448. The number of anilines is 2. The molecule has 0 aliphatic heterocycles. The summed E-state index contributed by atoms with van der Waals surface area (Å²) in [5, 5.41) is 8.42. The van der Waals surface area contributed by atoms with Crippen molar-refractivity contribution in [2.75, 3.05) is 30.8 Å². The maximum absolute atomic E-state index is 11.4. The van der Waals surface area contributed by atoms with E-state index in [1.165, 1.54) is 0 Å². The van der Waals surface area contributed by atoms with Crippen LogP contribution in [-0.2, 0) is 4.79 Å². The summed E-state index contributed by atoms with van der Waals surface area (Å²) in [4.78, 5) is 23.8. The lowest BCUT2D eigenvalue weighted by Gasteiger charge is -2.13. The predicted molar refractivity (Wildman–Crippen MR) is 72.3 cm³/mol. The predicted octanol–water partition coefficient (Wildman–Crippen LogP) is 0.249. The van der Waals surface area contributed by atoms with Gasteiger partial charge in [-0.2, -0.15) is 15.0 Å². The molecule has 1 aromatic heterocycles. The lowest BCUT2D eigenvalue weighted by Crippen LogP contribution is -2.35. The van der Waals surface area contributed by atoms with E-state index in [1.54, 1.807) is 14.0 Å². The van der Waals surface area contributed by atoms with Gasteiger partial charge in [-0.3, -0.25) is 4.79 Å². The first-order valence-electron chi connectivity index (χ1n) is 6.21. The number of likely N-dealkylation sites (N-methyl/N-ethyl adjacent to an activating group) is 1. The van der Waals surface area contributed by atoms with Crippen molar-refractivity contribution in [3.8, 4) is 6.01 Å². The van der Waals surface area contributed by atoms with Crippen LogP contribution in [0.2, 0.25) is 0 Å². The minimum absolute atomic E-state index is 0.150. The van der Waals surface area contributed by atoms with Crippen LogP contribution in [0, 0.1) is 0 Å². The van der Waals surface area contributed by atoms with Gasteiger partial charge in [-0.05, 0) is 20.8 Å². The number of aromatic nitrogens is 3. The molecule has 3 N–H and O–H groups in total. The molecule has 1 aromatic rings. The smallest absolute Gasteiger partial charge is 0.323 e. The molecule has 0 saturated carbocycles. The van der Waals surface area contributed by atoms with E-state index >= 15 is 0 Å². The third-order valence-electron chi connectivity index (χ3n) is 2.21. The van der Waals surface area contributed by atoms with Crippen LogP contribution in [0.4, 0.5) is 11.9 Å². The van der Waals surface area contributed by atoms with E-state index in [2.05, 4.69) is 30.9 Å². The fraction of sp³-hybridized carbons (Fsp3) is 0.636. The highest BCUT2D eigenvalue weighted by atomic mass is 16.5. The number of amides is 1. The Morgan fingerprint density at radius 3 is 2.53 bits per heavy atom. The lowest BCUT2D eigenvalue weighted by atomic mass is 10.3.